The molecule has 2 atom stereocenters. The van der Waals surface area contributed by atoms with Crippen LogP contribution >= 0.6 is 0 Å². The molecule has 0 unspecified atom stereocenters. The van der Waals surface area contributed by atoms with Crippen LogP contribution in [0.1, 0.15) is 13.8 Å². The molecule has 0 aromatic carbocycles. The van der Waals surface area contributed by atoms with Gasteiger partial charge in [0.15, 0.2) is 0 Å². The second-order valence-electron chi connectivity index (χ2n) is 5.99. The second kappa shape index (κ2) is 6.47. The summed E-state index contributed by atoms with van der Waals surface area (Å²) in [4.78, 5) is 28.9. The van der Waals surface area contributed by atoms with E-state index in [1.165, 1.54) is 18.3 Å². The molecular weight excluding hydrogens is 345 g/mol. The standard InChI is InChI=1S/C14H17F3N4O4/c1-9-8-19(12(22)13(2,23)14(15,16)17)5-6-20(9)11-7-10(21(24)25)3-4-18-11/h3-4,7,9,23H,5-6,8H2,1-2H3/t9-,13-/m1/s1. The largest absolute Gasteiger partial charge is 0.426 e. The highest BCUT2D eigenvalue weighted by Crippen LogP contribution is 2.32. The van der Waals surface area contributed by atoms with Crippen LogP contribution in [0.4, 0.5) is 24.7 Å². The first-order valence-electron chi connectivity index (χ1n) is 7.40. The number of carbonyl (C=O) groups excluding carboxylic acids is 1. The van der Waals surface area contributed by atoms with Crippen molar-refractivity contribution in [1.29, 1.82) is 0 Å². The maximum Gasteiger partial charge on any atom is 0.426 e. The van der Waals surface area contributed by atoms with Crippen molar-refractivity contribution in [2.24, 2.45) is 0 Å². The zero-order valence-corrected chi connectivity index (χ0v) is 13.5. The van der Waals surface area contributed by atoms with Crippen LogP contribution in [0.2, 0.25) is 0 Å². The predicted octanol–water partition coefficient (Wildman–Crippen LogP) is 1.34. The number of amides is 1. The van der Waals surface area contributed by atoms with Crippen molar-refractivity contribution in [2.75, 3.05) is 24.5 Å². The molecular formula is C14H17F3N4O4. The fourth-order valence-electron chi connectivity index (χ4n) is 2.59. The molecule has 0 bridgehead atoms. The molecule has 138 valence electrons. The van der Waals surface area contributed by atoms with Crippen molar-refractivity contribution in [1.82, 2.24) is 9.88 Å². The fourth-order valence-corrected chi connectivity index (χ4v) is 2.59. The number of carbonyl (C=O) groups is 1. The van der Waals surface area contributed by atoms with Gasteiger partial charge in [-0.05, 0) is 13.8 Å². The Balaban J connectivity index is 2.14. The summed E-state index contributed by atoms with van der Waals surface area (Å²) in [5.41, 5.74) is -3.62. The molecule has 8 nitrogen and oxygen atoms in total. The Morgan fingerprint density at radius 2 is 2.08 bits per heavy atom. The lowest BCUT2D eigenvalue weighted by molar-refractivity contribution is -0.384. The lowest BCUT2D eigenvalue weighted by atomic mass is 10.0. The molecule has 1 aromatic heterocycles. The summed E-state index contributed by atoms with van der Waals surface area (Å²) >= 11 is 0. The molecule has 25 heavy (non-hydrogen) atoms. The third kappa shape index (κ3) is 3.65. The zero-order valence-electron chi connectivity index (χ0n) is 13.5. The predicted molar refractivity (Wildman–Crippen MR) is 81.0 cm³/mol. The zero-order chi connectivity index (χ0) is 19.0. The van der Waals surface area contributed by atoms with Crippen molar-refractivity contribution in [3.63, 3.8) is 0 Å². The molecule has 2 rings (SSSR count). The number of anilines is 1. The van der Waals surface area contributed by atoms with Crippen molar-refractivity contribution >= 4 is 17.4 Å². The Bertz CT molecular complexity index is 680. The average Bonchev–Trinajstić information content (AvgIpc) is 2.53. The van der Waals surface area contributed by atoms with Crippen LogP contribution in [-0.2, 0) is 4.79 Å². The van der Waals surface area contributed by atoms with Crippen LogP contribution in [0, 0.1) is 10.1 Å². The van der Waals surface area contributed by atoms with Crippen LogP contribution in [0.3, 0.4) is 0 Å². The first-order valence-corrected chi connectivity index (χ1v) is 7.40. The number of nitrogens with zero attached hydrogens (tertiary/aromatic N) is 4. The van der Waals surface area contributed by atoms with Crippen LogP contribution in [0.5, 0.6) is 0 Å². The number of nitro groups is 1. The van der Waals surface area contributed by atoms with Crippen LogP contribution < -0.4 is 4.90 Å². The van der Waals surface area contributed by atoms with Gasteiger partial charge >= 0.3 is 6.18 Å². The lowest BCUT2D eigenvalue weighted by Crippen LogP contribution is -2.62. The van der Waals surface area contributed by atoms with E-state index < -0.39 is 28.6 Å². The second-order valence-corrected chi connectivity index (χ2v) is 5.99. The van der Waals surface area contributed by atoms with Crippen molar-refractivity contribution in [3.8, 4) is 0 Å². The molecule has 2 heterocycles. The minimum Gasteiger partial charge on any atom is -0.373 e. The lowest BCUT2D eigenvalue weighted by Gasteiger charge is -2.42. The molecule has 1 amide bonds. The number of aromatic nitrogens is 1. The Kier molecular flexibility index (Phi) is 4.89. The molecule has 0 saturated carbocycles. The smallest absolute Gasteiger partial charge is 0.373 e. The van der Waals surface area contributed by atoms with Gasteiger partial charge in [0.05, 0.1) is 11.0 Å². The third-order valence-corrected chi connectivity index (χ3v) is 4.12. The molecule has 0 aliphatic carbocycles. The highest BCUT2D eigenvalue weighted by atomic mass is 19.4. The van der Waals surface area contributed by atoms with Gasteiger partial charge in [-0.3, -0.25) is 14.9 Å². The van der Waals surface area contributed by atoms with Gasteiger partial charge in [-0.25, -0.2) is 4.98 Å². The van der Waals surface area contributed by atoms with Crippen LogP contribution in [0.25, 0.3) is 0 Å². The minimum atomic E-state index is -5.08. The van der Waals surface area contributed by atoms with Gasteiger partial charge in [-0.1, -0.05) is 0 Å². The maximum atomic E-state index is 12.8. The average molecular weight is 362 g/mol. The van der Waals surface area contributed by atoms with E-state index >= 15 is 0 Å². The molecule has 0 spiro atoms. The summed E-state index contributed by atoms with van der Waals surface area (Å²) in [5.74, 6) is -1.12. The van der Waals surface area contributed by atoms with E-state index in [4.69, 9.17) is 0 Å². The molecule has 1 aliphatic heterocycles. The molecule has 1 fully saturated rings. The van der Waals surface area contributed by atoms with Crippen molar-refractivity contribution in [3.05, 3.63) is 28.4 Å². The first-order chi connectivity index (χ1) is 11.4. The topological polar surface area (TPSA) is 99.8 Å². The molecule has 0 radical (unpaired) electrons. The Morgan fingerprint density at radius 1 is 1.44 bits per heavy atom. The molecule has 1 N–H and O–H groups in total. The molecule has 11 heteroatoms. The number of rotatable bonds is 3. The van der Waals surface area contributed by atoms with E-state index in [1.54, 1.807) is 11.8 Å². The molecule has 1 aromatic rings. The van der Waals surface area contributed by atoms with Crippen LogP contribution in [-0.4, -0.2) is 63.3 Å². The van der Waals surface area contributed by atoms with Gasteiger partial charge in [0.2, 0.25) is 5.60 Å². The Labute approximate surface area is 141 Å². The SMILES string of the molecule is C[C@@H]1CN(C(=O)[C@@](C)(O)C(F)(F)F)CCN1c1cc([N+](=O)[O-])ccn1. The van der Waals surface area contributed by atoms with E-state index in [0.29, 0.717) is 12.7 Å². The summed E-state index contributed by atoms with van der Waals surface area (Å²) in [6.45, 7) is 2.07. The maximum absolute atomic E-state index is 12.8. The summed E-state index contributed by atoms with van der Waals surface area (Å²) < 4.78 is 38.4. The van der Waals surface area contributed by atoms with Crippen LogP contribution in [0.15, 0.2) is 18.3 Å². The van der Waals surface area contributed by atoms with Gasteiger partial charge in [0.1, 0.15) is 5.82 Å². The van der Waals surface area contributed by atoms with Gasteiger partial charge in [0, 0.05) is 37.9 Å². The van der Waals surface area contributed by atoms with Crippen molar-refractivity contribution < 1.29 is 28.0 Å². The van der Waals surface area contributed by atoms with Crippen molar-refractivity contribution in [2.45, 2.75) is 31.7 Å². The number of aliphatic hydroxyl groups is 1. The normalized spacial score (nSPS) is 21.0. The number of pyridine rings is 1. The van der Waals surface area contributed by atoms with Gasteiger partial charge in [-0.2, -0.15) is 13.2 Å². The summed E-state index contributed by atoms with van der Waals surface area (Å²) in [5, 5.41) is 20.4. The van der Waals surface area contributed by atoms with Gasteiger partial charge in [-0.15, -0.1) is 0 Å². The van der Waals surface area contributed by atoms with E-state index in [-0.39, 0.29) is 25.3 Å². The minimum absolute atomic E-state index is 0.0697. The summed E-state index contributed by atoms with van der Waals surface area (Å²) in [6, 6.07) is 2.06. The first kappa shape index (κ1) is 18.9. The van der Waals surface area contributed by atoms with Gasteiger partial charge < -0.3 is 14.9 Å². The Hall–Kier alpha value is -2.43. The fraction of sp³-hybridized carbons (Fsp3) is 0.571. The monoisotopic (exact) mass is 362 g/mol. The highest BCUT2D eigenvalue weighted by Gasteiger charge is 2.57. The number of hydrogen-bond donors (Lipinski definition) is 1. The number of hydrogen-bond acceptors (Lipinski definition) is 6. The van der Waals surface area contributed by atoms with E-state index in [0.717, 1.165) is 4.90 Å². The summed E-state index contributed by atoms with van der Waals surface area (Å²) in [7, 11) is 0. The van der Waals surface area contributed by atoms with E-state index in [9.17, 15) is 33.2 Å². The number of halogens is 3. The van der Waals surface area contributed by atoms with Gasteiger partial charge in [0.25, 0.3) is 11.6 Å². The van der Waals surface area contributed by atoms with E-state index in [1.807, 2.05) is 0 Å². The molecule has 1 aliphatic rings. The number of piperazine rings is 1. The van der Waals surface area contributed by atoms with E-state index in [2.05, 4.69) is 4.98 Å². The molecule has 1 saturated heterocycles. The number of alkyl halides is 3. The Morgan fingerprint density at radius 3 is 2.60 bits per heavy atom. The highest BCUT2D eigenvalue weighted by molar-refractivity contribution is 5.85. The summed E-state index contributed by atoms with van der Waals surface area (Å²) in [6.07, 6.45) is -3.81. The quantitative estimate of drug-likeness (QED) is 0.643. The third-order valence-electron chi connectivity index (χ3n) is 4.12.